The minimum absolute atomic E-state index is 0. The number of halogens is 6. The van der Waals surface area contributed by atoms with Gasteiger partial charge in [0, 0.05) is 18.6 Å². The van der Waals surface area contributed by atoms with Crippen LogP contribution in [0, 0.1) is 0 Å². The molecule has 0 nitrogen and oxygen atoms in total. The second-order valence-corrected chi connectivity index (χ2v) is 0. The monoisotopic (exact) mass is 525 g/mol. The first kappa shape index (κ1) is 78.1. The predicted octanol–water partition coefficient (Wildman–Crippen LogP) is -14.4. The molecule has 53 valence electrons. The van der Waals surface area contributed by atoms with Crippen molar-refractivity contribution in [3.8, 4) is 0 Å². The van der Waals surface area contributed by atoms with Gasteiger partial charge in [-0.2, -0.15) is 0 Å². The maximum atomic E-state index is 0. The zero-order valence-corrected chi connectivity index (χ0v) is 13.8. The van der Waals surface area contributed by atoms with Crippen molar-refractivity contribution in [1.29, 1.82) is 0 Å². The van der Waals surface area contributed by atoms with Gasteiger partial charge in [0.25, 0.3) is 0 Å². The topological polar surface area (TPSA) is 0 Å². The summed E-state index contributed by atoms with van der Waals surface area (Å²) in [6.07, 6.45) is 0. The van der Waals surface area contributed by atoms with Crippen LogP contribution in [0.2, 0.25) is 0 Å². The third-order valence-electron chi connectivity index (χ3n) is 0. The molecular formula is HBr6V-5. The van der Waals surface area contributed by atoms with Crippen molar-refractivity contribution in [3.05, 3.63) is 0 Å². The molecule has 7 heteroatoms. The summed E-state index contributed by atoms with van der Waals surface area (Å²) < 4.78 is 0. The van der Waals surface area contributed by atoms with Crippen molar-refractivity contribution >= 4 is 17.0 Å². The van der Waals surface area contributed by atoms with Crippen LogP contribution in [-0.4, -0.2) is 0 Å². The first-order valence-corrected chi connectivity index (χ1v) is 0. The van der Waals surface area contributed by atoms with E-state index >= 15 is 0 Å². The Morgan fingerprint density at radius 2 is 0.429 bits per heavy atom. The van der Waals surface area contributed by atoms with E-state index < -0.39 is 0 Å². The Hall–Kier alpha value is 3.46. The van der Waals surface area contributed by atoms with E-state index in [-0.39, 0.29) is 120 Å². The molecule has 0 aromatic carbocycles. The summed E-state index contributed by atoms with van der Waals surface area (Å²) in [6, 6.07) is 0. The molecule has 0 aliphatic rings. The fourth-order valence-electron chi connectivity index (χ4n) is 0. The molecule has 0 unspecified atom stereocenters. The summed E-state index contributed by atoms with van der Waals surface area (Å²) in [4.78, 5) is 0. The second-order valence-electron chi connectivity index (χ2n) is 0. The molecule has 0 heterocycles. The van der Waals surface area contributed by atoms with Crippen molar-refractivity contribution in [2.45, 2.75) is 0 Å². The molecule has 0 aromatic rings. The standard InChI is InChI=1S/6BrH.V/h6*1H;/p-5. The van der Waals surface area contributed by atoms with E-state index in [1.54, 1.807) is 0 Å². The Balaban J connectivity index is 0. The number of hydrogen-bond donors (Lipinski definition) is 0. The molecule has 0 amide bonds. The van der Waals surface area contributed by atoms with Gasteiger partial charge in [-0.3, -0.25) is 0 Å². The number of hydrogen-bond acceptors (Lipinski definition) is 0. The molecule has 0 aliphatic carbocycles. The van der Waals surface area contributed by atoms with Gasteiger partial charge in [-0.1, -0.05) is 0 Å². The SMILES string of the molecule is Br.[Br-].[Br-].[Br-].[Br-].[Br-].[V]. The van der Waals surface area contributed by atoms with Crippen molar-refractivity contribution < 1.29 is 103 Å². The van der Waals surface area contributed by atoms with E-state index in [4.69, 9.17) is 0 Å². The quantitative estimate of drug-likeness (QED) is 0.292. The zero-order chi connectivity index (χ0) is 0. The second kappa shape index (κ2) is 56.5. The van der Waals surface area contributed by atoms with Crippen molar-refractivity contribution in [2.75, 3.05) is 0 Å². The van der Waals surface area contributed by atoms with Gasteiger partial charge in [0.2, 0.25) is 0 Å². The van der Waals surface area contributed by atoms with Crippen LogP contribution in [0.15, 0.2) is 0 Å². The normalized spacial score (nSPS) is 0. The average Bonchev–Trinajstić information content (AvgIpc) is 0. The van der Waals surface area contributed by atoms with Gasteiger partial charge in [-0.15, -0.1) is 17.0 Å². The van der Waals surface area contributed by atoms with Crippen molar-refractivity contribution in [3.63, 3.8) is 0 Å². The Labute approximate surface area is 118 Å². The Bertz CT molecular complexity index is 4.14. The van der Waals surface area contributed by atoms with E-state index in [2.05, 4.69) is 0 Å². The van der Waals surface area contributed by atoms with Gasteiger partial charge >= 0.3 is 0 Å². The molecule has 0 atom stereocenters. The molecule has 0 aromatic heterocycles. The van der Waals surface area contributed by atoms with Crippen LogP contribution in [-0.2, 0) is 18.6 Å². The van der Waals surface area contributed by atoms with Crippen LogP contribution < -0.4 is 84.9 Å². The molecule has 0 rings (SSSR count). The molecular weight excluding hydrogens is 530 g/mol. The molecule has 0 spiro atoms. The first-order valence-electron chi connectivity index (χ1n) is 0. The summed E-state index contributed by atoms with van der Waals surface area (Å²) >= 11 is 0. The van der Waals surface area contributed by atoms with Gasteiger partial charge in [-0.25, -0.2) is 0 Å². The van der Waals surface area contributed by atoms with Gasteiger partial charge in [0.1, 0.15) is 0 Å². The third-order valence-corrected chi connectivity index (χ3v) is 0. The van der Waals surface area contributed by atoms with Crippen molar-refractivity contribution in [1.82, 2.24) is 0 Å². The van der Waals surface area contributed by atoms with Crippen LogP contribution >= 0.6 is 17.0 Å². The smallest absolute Gasteiger partial charge is 0 e. The molecule has 0 fully saturated rings. The average molecular weight is 531 g/mol. The molecule has 0 aliphatic heterocycles. The summed E-state index contributed by atoms with van der Waals surface area (Å²) in [5.41, 5.74) is 0. The van der Waals surface area contributed by atoms with Crippen LogP contribution in [0.1, 0.15) is 0 Å². The molecule has 0 saturated heterocycles. The van der Waals surface area contributed by atoms with E-state index in [1.165, 1.54) is 0 Å². The van der Waals surface area contributed by atoms with E-state index in [0.717, 1.165) is 0 Å². The van der Waals surface area contributed by atoms with Crippen LogP contribution in [0.5, 0.6) is 0 Å². The third kappa shape index (κ3) is 43.9. The van der Waals surface area contributed by atoms with Gasteiger partial charge in [0.15, 0.2) is 0 Å². The summed E-state index contributed by atoms with van der Waals surface area (Å²) in [7, 11) is 0. The molecule has 0 N–H and O–H groups in total. The fraction of sp³-hybridized carbons (Fsp3) is 0. The van der Waals surface area contributed by atoms with Gasteiger partial charge in [0.05, 0.1) is 0 Å². The number of rotatable bonds is 0. The summed E-state index contributed by atoms with van der Waals surface area (Å²) in [5.74, 6) is 0. The van der Waals surface area contributed by atoms with E-state index in [0.29, 0.717) is 0 Å². The Morgan fingerprint density at radius 3 is 0.429 bits per heavy atom. The minimum atomic E-state index is 0. The molecule has 7 heavy (non-hydrogen) atoms. The van der Waals surface area contributed by atoms with E-state index in [1.807, 2.05) is 0 Å². The summed E-state index contributed by atoms with van der Waals surface area (Å²) in [5, 5.41) is 0. The molecule has 1 radical (unpaired) electrons. The molecule has 0 saturated carbocycles. The maximum Gasteiger partial charge on any atom is 0 e. The minimum Gasteiger partial charge on any atom is -1.00 e. The van der Waals surface area contributed by atoms with Crippen LogP contribution in [0.4, 0.5) is 0 Å². The largest absolute Gasteiger partial charge is 1.00 e. The van der Waals surface area contributed by atoms with Crippen LogP contribution in [0.25, 0.3) is 0 Å². The zero-order valence-electron chi connectivity index (χ0n) is 2.75. The fourth-order valence-corrected chi connectivity index (χ4v) is 0. The van der Waals surface area contributed by atoms with Crippen LogP contribution in [0.3, 0.4) is 0 Å². The Kier molecular flexibility index (Phi) is 630. The molecule has 0 bridgehead atoms. The van der Waals surface area contributed by atoms with Gasteiger partial charge < -0.3 is 84.9 Å². The Morgan fingerprint density at radius 1 is 0.429 bits per heavy atom. The maximum absolute atomic E-state index is 0. The predicted molar refractivity (Wildman–Crippen MR) is 10.3 cm³/mol. The first-order chi connectivity index (χ1) is 0. The van der Waals surface area contributed by atoms with Gasteiger partial charge in [-0.05, 0) is 0 Å². The summed E-state index contributed by atoms with van der Waals surface area (Å²) in [6.45, 7) is 0. The van der Waals surface area contributed by atoms with E-state index in [9.17, 15) is 0 Å². The van der Waals surface area contributed by atoms with Crippen molar-refractivity contribution in [2.24, 2.45) is 0 Å².